The van der Waals surface area contributed by atoms with Crippen LogP contribution in [0.2, 0.25) is 0 Å². The van der Waals surface area contributed by atoms with Gasteiger partial charge in [0.15, 0.2) is 0 Å². The first kappa shape index (κ1) is 14.7. The number of nitrogens with one attached hydrogen (secondary N) is 1. The first-order chi connectivity index (χ1) is 8.95. The summed E-state index contributed by atoms with van der Waals surface area (Å²) in [5.41, 5.74) is 0. The highest BCUT2D eigenvalue weighted by molar-refractivity contribution is 7.99. The van der Waals surface area contributed by atoms with Crippen molar-refractivity contribution in [3.8, 4) is 0 Å². The van der Waals surface area contributed by atoms with Crippen LogP contribution in [-0.4, -0.2) is 37.8 Å². The molecule has 0 radical (unpaired) electrons. The molecule has 2 fully saturated rings. The van der Waals surface area contributed by atoms with Gasteiger partial charge in [-0.2, -0.15) is 11.8 Å². The molecule has 3 heteroatoms. The Labute approximate surface area is 117 Å². The quantitative estimate of drug-likeness (QED) is 0.718. The van der Waals surface area contributed by atoms with E-state index in [2.05, 4.69) is 17.1 Å². The minimum absolute atomic E-state index is 0.953. The summed E-state index contributed by atoms with van der Waals surface area (Å²) < 4.78 is 5.40. The maximum atomic E-state index is 5.40. The molecule has 0 aromatic heterocycles. The molecule has 2 aliphatic rings. The summed E-state index contributed by atoms with van der Waals surface area (Å²) in [4.78, 5) is 0. The van der Waals surface area contributed by atoms with Crippen molar-refractivity contribution in [1.29, 1.82) is 0 Å². The van der Waals surface area contributed by atoms with Crippen LogP contribution in [0.25, 0.3) is 0 Å². The zero-order valence-electron chi connectivity index (χ0n) is 11.7. The van der Waals surface area contributed by atoms with Gasteiger partial charge < -0.3 is 10.1 Å². The lowest BCUT2D eigenvalue weighted by Crippen LogP contribution is -2.26. The molecule has 2 saturated heterocycles. The molecule has 106 valence electrons. The molecule has 1 N–H and O–H groups in total. The molecule has 0 unspecified atom stereocenters. The van der Waals surface area contributed by atoms with Crippen molar-refractivity contribution in [3.63, 3.8) is 0 Å². The van der Waals surface area contributed by atoms with Gasteiger partial charge in [0.1, 0.15) is 0 Å². The van der Waals surface area contributed by atoms with E-state index in [1.807, 2.05) is 0 Å². The molecule has 2 aliphatic heterocycles. The fourth-order valence-corrected chi connectivity index (χ4v) is 4.18. The van der Waals surface area contributed by atoms with Crippen LogP contribution in [0, 0.1) is 11.8 Å². The highest BCUT2D eigenvalue weighted by Gasteiger charge is 2.14. The summed E-state index contributed by atoms with van der Waals surface area (Å²) in [5, 5.41) is 3.66. The van der Waals surface area contributed by atoms with Gasteiger partial charge in [-0.3, -0.25) is 0 Å². The van der Waals surface area contributed by atoms with E-state index in [1.54, 1.807) is 0 Å². The van der Waals surface area contributed by atoms with E-state index in [4.69, 9.17) is 4.74 Å². The lowest BCUT2D eigenvalue weighted by molar-refractivity contribution is 0.0631. The van der Waals surface area contributed by atoms with Gasteiger partial charge >= 0.3 is 0 Å². The van der Waals surface area contributed by atoms with E-state index >= 15 is 0 Å². The molecule has 18 heavy (non-hydrogen) atoms. The summed E-state index contributed by atoms with van der Waals surface area (Å²) in [6.07, 6.45) is 9.64. The Bertz CT molecular complexity index is 179. The summed E-state index contributed by atoms with van der Waals surface area (Å²) in [6.45, 7) is 4.50. The average Bonchev–Trinajstić information content (AvgIpc) is 2.45. The smallest absolute Gasteiger partial charge is 0.0468 e. The second-order valence-corrected chi connectivity index (χ2v) is 7.04. The fourth-order valence-electron chi connectivity index (χ4n) is 2.97. The lowest BCUT2D eigenvalue weighted by atomic mass is 9.94. The van der Waals surface area contributed by atoms with Gasteiger partial charge in [-0.05, 0) is 68.5 Å². The van der Waals surface area contributed by atoms with Crippen LogP contribution in [0.15, 0.2) is 0 Å². The topological polar surface area (TPSA) is 21.3 Å². The Balaban J connectivity index is 1.39. The van der Waals surface area contributed by atoms with Gasteiger partial charge in [-0.25, -0.2) is 0 Å². The molecule has 0 aromatic rings. The van der Waals surface area contributed by atoms with Crippen molar-refractivity contribution in [2.24, 2.45) is 11.8 Å². The molecule has 0 aliphatic carbocycles. The van der Waals surface area contributed by atoms with E-state index in [0.717, 1.165) is 25.0 Å². The van der Waals surface area contributed by atoms with E-state index < -0.39 is 0 Å². The number of rotatable bonds is 7. The maximum absolute atomic E-state index is 5.40. The summed E-state index contributed by atoms with van der Waals surface area (Å²) in [6, 6.07) is 0. The van der Waals surface area contributed by atoms with Gasteiger partial charge in [-0.1, -0.05) is 12.8 Å². The van der Waals surface area contributed by atoms with E-state index in [9.17, 15) is 0 Å². The van der Waals surface area contributed by atoms with Crippen LogP contribution in [0.1, 0.15) is 44.9 Å². The highest BCUT2D eigenvalue weighted by Crippen LogP contribution is 2.22. The maximum Gasteiger partial charge on any atom is 0.0468 e. The molecule has 0 aromatic carbocycles. The Hall–Kier alpha value is 0.270. The third-order valence-corrected chi connectivity index (χ3v) is 5.38. The molecular weight excluding hydrogens is 242 g/mol. The largest absolute Gasteiger partial charge is 0.381 e. The fraction of sp³-hybridized carbons (Fsp3) is 1.00. The Morgan fingerprint density at radius 2 is 1.72 bits per heavy atom. The van der Waals surface area contributed by atoms with Crippen LogP contribution in [0.5, 0.6) is 0 Å². The minimum Gasteiger partial charge on any atom is -0.381 e. The summed E-state index contributed by atoms with van der Waals surface area (Å²) in [5.74, 6) is 4.68. The summed E-state index contributed by atoms with van der Waals surface area (Å²) >= 11 is 2.12. The Kier molecular flexibility index (Phi) is 7.51. The number of thioether (sulfide) groups is 1. The van der Waals surface area contributed by atoms with Crippen LogP contribution in [0.4, 0.5) is 0 Å². The second kappa shape index (κ2) is 9.22. The minimum atomic E-state index is 0.953. The molecule has 0 saturated carbocycles. The van der Waals surface area contributed by atoms with Gasteiger partial charge in [0, 0.05) is 13.2 Å². The zero-order chi connectivity index (χ0) is 12.5. The van der Waals surface area contributed by atoms with E-state index in [-0.39, 0.29) is 0 Å². The third-order valence-electron chi connectivity index (χ3n) is 4.33. The van der Waals surface area contributed by atoms with Gasteiger partial charge in [0.05, 0.1) is 0 Å². The monoisotopic (exact) mass is 271 g/mol. The van der Waals surface area contributed by atoms with Crippen LogP contribution >= 0.6 is 11.8 Å². The predicted octanol–water partition coefficient (Wildman–Crippen LogP) is 3.32. The zero-order valence-corrected chi connectivity index (χ0v) is 12.5. The van der Waals surface area contributed by atoms with Gasteiger partial charge in [0.2, 0.25) is 0 Å². The SMILES string of the molecule is C(CCC1CCOCC1)CNCC1CCSCC1. The number of ether oxygens (including phenoxy) is 1. The van der Waals surface area contributed by atoms with Crippen molar-refractivity contribution in [2.45, 2.75) is 44.9 Å². The lowest BCUT2D eigenvalue weighted by Gasteiger charge is -2.22. The first-order valence-electron chi connectivity index (χ1n) is 7.81. The molecule has 0 amide bonds. The van der Waals surface area contributed by atoms with E-state index in [1.165, 1.54) is 69.5 Å². The Morgan fingerprint density at radius 3 is 2.50 bits per heavy atom. The molecule has 0 atom stereocenters. The summed E-state index contributed by atoms with van der Waals surface area (Å²) in [7, 11) is 0. The molecule has 0 bridgehead atoms. The molecule has 0 spiro atoms. The van der Waals surface area contributed by atoms with Crippen LogP contribution < -0.4 is 5.32 Å². The van der Waals surface area contributed by atoms with E-state index in [0.29, 0.717) is 0 Å². The number of hydrogen-bond donors (Lipinski definition) is 1. The standard InChI is InChI=1S/C15H29NOS/c1(3-14-4-9-17-10-5-14)2-8-16-13-15-6-11-18-12-7-15/h14-16H,1-13H2. The average molecular weight is 271 g/mol. The normalized spacial score (nSPS) is 23.3. The molecule has 2 nitrogen and oxygen atoms in total. The van der Waals surface area contributed by atoms with Crippen molar-refractivity contribution in [3.05, 3.63) is 0 Å². The van der Waals surface area contributed by atoms with Gasteiger partial charge in [0.25, 0.3) is 0 Å². The van der Waals surface area contributed by atoms with Crippen molar-refractivity contribution < 1.29 is 4.74 Å². The van der Waals surface area contributed by atoms with Gasteiger partial charge in [-0.15, -0.1) is 0 Å². The first-order valence-corrected chi connectivity index (χ1v) is 8.97. The second-order valence-electron chi connectivity index (χ2n) is 5.81. The van der Waals surface area contributed by atoms with Crippen LogP contribution in [0.3, 0.4) is 0 Å². The van der Waals surface area contributed by atoms with Crippen molar-refractivity contribution in [1.82, 2.24) is 5.32 Å². The highest BCUT2D eigenvalue weighted by atomic mass is 32.2. The van der Waals surface area contributed by atoms with Crippen LogP contribution in [-0.2, 0) is 4.74 Å². The number of unbranched alkanes of at least 4 members (excludes halogenated alkanes) is 1. The number of hydrogen-bond acceptors (Lipinski definition) is 3. The molecule has 2 heterocycles. The third kappa shape index (κ3) is 5.94. The Morgan fingerprint density at radius 1 is 0.944 bits per heavy atom. The molecular formula is C15H29NOS. The predicted molar refractivity (Wildman–Crippen MR) is 80.3 cm³/mol. The van der Waals surface area contributed by atoms with Crippen molar-refractivity contribution in [2.75, 3.05) is 37.8 Å². The van der Waals surface area contributed by atoms with Crippen molar-refractivity contribution >= 4 is 11.8 Å². The molecule has 2 rings (SSSR count).